The van der Waals surface area contributed by atoms with Gasteiger partial charge in [-0.15, -0.1) is 6.58 Å². The second-order valence-corrected chi connectivity index (χ2v) is 12.5. The third-order valence-electron chi connectivity index (χ3n) is 8.26. The number of amides is 1. The van der Waals surface area contributed by atoms with Crippen molar-refractivity contribution in [2.24, 2.45) is 5.41 Å². The molecular formula is C33H30FN3O3S. The predicted octanol–water partition coefficient (Wildman–Crippen LogP) is 6.44. The van der Waals surface area contributed by atoms with Crippen LogP contribution in [-0.2, 0) is 14.8 Å². The largest absolute Gasteiger partial charge is 0.272 e. The predicted molar refractivity (Wildman–Crippen MR) is 158 cm³/mol. The van der Waals surface area contributed by atoms with Crippen molar-refractivity contribution in [3.8, 4) is 0 Å². The van der Waals surface area contributed by atoms with E-state index < -0.39 is 39.1 Å². The standard InChI is InChI=1S/C33H30FN3O3S/c1-4-28-27-17-11-12-18-29(27)37(41(39,40)26-21-19-23(2)20-22-26)30(24-13-7-5-8-14-24)33(28)31(38)36(35-32(33,3)34)25-15-9-6-10-16-25/h4-22,28,30,35H,1H2,2-3H3. The molecule has 4 aromatic rings. The number of anilines is 2. The molecule has 6 rings (SSSR count). The molecule has 0 saturated carbocycles. The van der Waals surface area contributed by atoms with Gasteiger partial charge in [0, 0.05) is 5.92 Å². The molecular weight excluding hydrogens is 537 g/mol. The summed E-state index contributed by atoms with van der Waals surface area (Å²) in [5.74, 6) is -3.88. The van der Waals surface area contributed by atoms with Crippen LogP contribution in [0.15, 0.2) is 127 Å². The number of alkyl halides is 1. The Bertz CT molecular complexity index is 1730. The molecule has 1 spiro atoms. The number of nitrogens with zero attached hydrogens (tertiary/aromatic N) is 2. The fraction of sp³-hybridized carbons (Fsp3) is 0.182. The number of hydrogen-bond acceptors (Lipinski definition) is 4. The second-order valence-electron chi connectivity index (χ2n) is 10.7. The zero-order valence-electron chi connectivity index (χ0n) is 22.7. The second kappa shape index (κ2) is 9.68. The first-order chi connectivity index (χ1) is 19.6. The highest BCUT2D eigenvalue weighted by molar-refractivity contribution is 7.92. The van der Waals surface area contributed by atoms with Crippen molar-refractivity contribution >= 4 is 27.3 Å². The van der Waals surface area contributed by atoms with Crippen LogP contribution in [0.3, 0.4) is 0 Å². The van der Waals surface area contributed by atoms with Crippen molar-refractivity contribution in [2.75, 3.05) is 9.31 Å². The van der Waals surface area contributed by atoms with E-state index in [4.69, 9.17) is 0 Å². The molecule has 208 valence electrons. The van der Waals surface area contributed by atoms with Gasteiger partial charge in [0.05, 0.1) is 22.3 Å². The molecule has 4 aromatic carbocycles. The fourth-order valence-corrected chi connectivity index (χ4v) is 8.12. The molecule has 2 aliphatic heterocycles. The number of hydrazine groups is 1. The topological polar surface area (TPSA) is 69.7 Å². The Balaban J connectivity index is 1.72. The van der Waals surface area contributed by atoms with E-state index in [0.29, 0.717) is 22.5 Å². The van der Waals surface area contributed by atoms with Crippen molar-refractivity contribution in [1.29, 1.82) is 0 Å². The number of allylic oxidation sites excluding steroid dienone is 1. The van der Waals surface area contributed by atoms with E-state index in [1.807, 2.05) is 6.92 Å². The highest BCUT2D eigenvalue weighted by Crippen LogP contribution is 2.65. The Labute approximate surface area is 239 Å². The highest BCUT2D eigenvalue weighted by atomic mass is 32.2. The van der Waals surface area contributed by atoms with Gasteiger partial charge >= 0.3 is 0 Å². The number of rotatable bonds is 5. The summed E-state index contributed by atoms with van der Waals surface area (Å²) in [7, 11) is -4.31. The number of carbonyl (C=O) groups excluding carboxylic acids is 1. The Morgan fingerprint density at radius 2 is 1.46 bits per heavy atom. The minimum absolute atomic E-state index is 0.0462. The lowest BCUT2D eigenvalue weighted by Crippen LogP contribution is -2.61. The monoisotopic (exact) mass is 567 g/mol. The lowest BCUT2D eigenvalue weighted by atomic mass is 9.58. The first-order valence-electron chi connectivity index (χ1n) is 13.4. The summed E-state index contributed by atoms with van der Waals surface area (Å²) in [6, 6.07) is 29.8. The van der Waals surface area contributed by atoms with Gasteiger partial charge in [0.25, 0.3) is 15.9 Å². The SMILES string of the molecule is C=CC1c2ccccc2N(S(=O)(=O)c2ccc(C)cc2)C(c2ccccc2)C12C(=O)N(c1ccccc1)NC2(C)F. The molecule has 4 unspecified atom stereocenters. The van der Waals surface area contributed by atoms with Crippen LogP contribution >= 0.6 is 0 Å². The van der Waals surface area contributed by atoms with Gasteiger partial charge in [0.1, 0.15) is 5.41 Å². The van der Waals surface area contributed by atoms with Crippen molar-refractivity contribution in [1.82, 2.24) is 5.43 Å². The maximum Gasteiger partial charge on any atom is 0.264 e. The average Bonchev–Trinajstić information content (AvgIpc) is 3.19. The maximum atomic E-state index is 17.6. The normalized spacial score (nSPS) is 25.8. The van der Waals surface area contributed by atoms with Gasteiger partial charge in [-0.05, 0) is 55.3 Å². The van der Waals surface area contributed by atoms with Crippen LogP contribution in [0.5, 0.6) is 0 Å². The molecule has 1 saturated heterocycles. The molecule has 2 aliphatic rings. The van der Waals surface area contributed by atoms with Crippen LogP contribution < -0.4 is 14.7 Å². The molecule has 8 heteroatoms. The van der Waals surface area contributed by atoms with E-state index in [2.05, 4.69) is 12.0 Å². The molecule has 41 heavy (non-hydrogen) atoms. The van der Waals surface area contributed by atoms with E-state index in [9.17, 15) is 13.2 Å². The van der Waals surface area contributed by atoms with Crippen molar-refractivity contribution in [3.63, 3.8) is 0 Å². The number of aryl methyl sites for hydroxylation is 1. The maximum absolute atomic E-state index is 17.6. The zero-order chi connectivity index (χ0) is 29.0. The molecule has 1 N–H and O–H groups in total. The number of para-hydroxylation sites is 2. The number of fused-ring (bicyclic) bond motifs is 1. The highest BCUT2D eigenvalue weighted by Gasteiger charge is 2.74. The third kappa shape index (κ3) is 3.85. The van der Waals surface area contributed by atoms with Gasteiger partial charge < -0.3 is 0 Å². The summed E-state index contributed by atoms with van der Waals surface area (Å²) in [5, 5.41) is 1.21. The van der Waals surface area contributed by atoms with E-state index in [1.54, 1.807) is 115 Å². The molecule has 2 heterocycles. The summed E-state index contributed by atoms with van der Waals surface area (Å²) in [6.07, 6.45) is 1.57. The summed E-state index contributed by atoms with van der Waals surface area (Å²) >= 11 is 0. The van der Waals surface area contributed by atoms with E-state index in [0.717, 1.165) is 5.56 Å². The minimum atomic E-state index is -4.31. The Kier molecular flexibility index (Phi) is 6.36. The summed E-state index contributed by atoms with van der Waals surface area (Å²) in [6.45, 7) is 7.23. The van der Waals surface area contributed by atoms with Crippen molar-refractivity contribution in [3.05, 3.63) is 139 Å². The fourth-order valence-electron chi connectivity index (χ4n) is 6.43. The quantitative estimate of drug-likeness (QED) is 0.223. The molecule has 0 radical (unpaired) electrons. The number of halogens is 1. The van der Waals surface area contributed by atoms with E-state index >= 15 is 4.39 Å². The first-order valence-corrected chi connectivity index (χ1v) is 14.8. The Morgan fingerprint density at radius 3 is 2.10 bits per heavy atom. The lowest BCUT2D eigenvalue weighted by Gasteiger charge is -2.53. The van der Waals surface area contributed by atoms with Gasteiger partial charge in [-0.1, -0.05) is 90.5 Å². The first kappa shape index (κ1) is 26.9. The van der Waals surface area contributed by atoms with Gasteiger partial charge in [-0.25, -0.2) is 17.8 Å². The van der Waals surface area contributed by atoms with Crippen LogP contribution in [0.1, 0.15) is 35.6 Å². The summed E-state index contributed by atoms with van der Waals surface area (Å²) in [5.41, 5.74) is 3.55. The Morgan fingerprint density at radius 1 is 0.878 bits per heavy atom. The molecule has 6 nitrogen and oxygen atoms in total. The Hall–Kier alpha value is -4.27. The van der Waals surface area contributed by atoms with Crippen LogP contribution in [-0.4, -0.2) is 20.1 Å². The molecule has 0 aliphatic carbocycles. The van der Waals surface area contributed by atoms with Crippen LogP contribution in [0.4, 0.5) is 15.8 Å². The summed E-state index contributed by atoms with van der Waals surface area (Å²) in [4.78, 5) is 14.9. The molecule has 4 atom stereocenters. The van der Waals surface area contributed by atoms with Crippen LogP contribution in [0.25, 0.3) is 0 Å². The van der Waals surface area contributed by atoms with Gasteiger partial charge in [-0.2, -0.15) is 5.43 Å². The minimum Gasteiger partial charge on any atom is -0.272 e. The van der Waals surface area contributed by atoms with Gasteiger partial charge in [-0.3, -0.25) is 9.10 Å². The van der Waals surface area contributed by atoms with Crippen molar-refractivity contribution < 1.29 is 17.6 Å². The number of carbonyl (C=O) groups is 1. The zero-order valence-corrected chi connectivity index (χ0v) is 23.6. The number of nitrogens with one attached hydrogen (secondary N) is 1. The lowest BCUT2D eigenvalue weighted by molar-refractivity contribution is -0.134. The molecule has 0 aromatic heterocycles. The molecule has 1 amide bonds. The number of benzene rings is 4. The molecule has 1 fully saturated rings. The van der Waals surface area contributed by atoms with E-state index in [-0.39, 0.29) is 4.90 Å². The number of hydrogen-bond donors (Lipinski definition) is 1. The van der Waals surface area contributed by atoms with Gasteiger partial charge in [0.2, 0.25) is 0 Å². The number of sulfonamides is 1. The third-order valence-corrected chi connectivity index (χ3v) is 10.1. The smallest absolute Gasteiger partial charge is 0.264 e. The van der Waals surface area contributed by atoms with Gasteiger partial charge in [0.15, 0.2) is 5.79 Å². The van der Waals surface area contributed by atoms with Crippen LogP contribution in [0.2, 0.25) is 0 Å². The van der Waals surface area contributed by atoms with E-state index in [1.165, 1.54) is 16.2 Å². The average molecular weight is 568 g/mol. The summed E-state index contributed by atoms with van der Waals surface area (Å²) < 4.78 is 48.2. The van der Waals surface area contributed by atoms with Crippen LogP contribution in [0, 0.1) is 12.3 Å². The molecule has 0 bridgehead atoms. The van der Waals surface area contributed by atoms with Crippen molar-refractivity contribution in [2.45, 2.75) is 36.5 Å².